The van der Waals surface area contributed by atoms with Crippen molar-refractivity contribution in [3.63, 3.8) is 0 Å². The number of nitrogens with zero attached hydrogens (tertiary/aromatic N) is 2. The van der Waals surface area contributed by atoms with Gasteiger partial charge in [0.25, 0.3) is 0 Å². The van der Waals surface area contributed by atoms with Gasteiger partial charge in [-0.2, -0.15) is 4.84 Å². The van der Waals surface area contributed by atoms with E-state index in [-0.39, 0.29) is 17.5 Å². The van der Waals surface area contributed by atoms with Crippen molar-refractivity contribution >= 4 is 11.4 Å². The summed E-state index contributed by atoms with van der Waals surface area (Å²) in [5, 5.41) is 35.3. The number of hydroxylamine groups is 1. The fourth-order valence-corrected chi connectivity index (χ4v) is 1.80. The lowest BCUT2D eigenvalue weighted by molar-refractivity contribution is -0.475. The maximum absolute atomic E-state index is 12.7. The summed E-state index contributed by atoms with van der Waals surface area (Å²) < 4.78 is 4.75. The van der Waals surface area contributed by atoms with Crippen molar-refractivity contribution in [2.45, 2.75) is 19.4 Å². The van der Waals surface area contributed by atoms with Gasteiger partial charge in [-0.05, 0) is 12.5 Å². The van der Waals surface area contributed by atoms with Crippen molar-refractivity contribution in [1.82, 2.24) is 10.1 Å². The Morgan fingerprint density at radius 3 is 2.79 bits per heavy atom. The Kier molecular flexibility index (Phi) is 3.74. The van der Waals surface area contributed by atoms with Crippen LogP contribution in [-0.2, 0) is 9.57 Å². The van der Waals surface area contributed by atoms with Gasteiger partial charge in [-0.15, -0.1) is 0 Å². The predicted molar refractivity (Wildman–Crippen MR) is 67.1 cm³/mol. The highest BCUT2D eigenvalue weighted by atomic mass is 17.0. The molecule has 0 spiro atoms. The monoisotopic (exact) mass is 271 g/mol. The summed E-state index contributed by atoms with van der Waals surface area (Å²) in [4.78, 5) is 3.45. The van der Waals surface area contributed by atoms with E-state index in [1.54, 1.807) is 18.2 Å². The Bertz CT molecular complexity index is 460. The molecule has 2 rings (SSSR count). The third-order valence-electron chi connectivity index (χ3n) is 2.78. The molecule has 0 bridgehead atoms. The fraction of sp³-hybridized carbons (Fsp3) is 0.455. The molecule has 1 aromatic carbocycles. The van der Waals surface area contributed by atoms with E-state index in [4.69, 9.17) is 9.57 Å². The second-order valence-corrected chi connectivity index (χ2v) is 4.10. The third-order valence-corrected chi connectivity index (χ3v) is 2.78. The number of hydrogen-bond donors (Lipinski definition) is 3. The Balaban J connectivity index is 2.49. The molecule has 0 fully saturated rings. The number of fused-ring (bicyclic) bond motifs is 1. The Morgan fingerprint density at radius 1 is 1.47 bits per heavy atom. The van der Waals surface area contributed by atoms with Crippen molar-refractivity contribution in [3.05, 3.63) is 29.5 Å². The first kappa shape index (κ1) is 14.2. The molecule has 0 saturated heterocycles. The smallest absolute Gasteiger partial charge is 0.389 e. The van der Waals surface area contributed by atoms with E-state index in [1.165, 1.54) is 6.07 Å². The number of anilines is 1. The normalized spacial score (nSPS) is 30.8. The van der Waals surface area contributed by atoms with Crippen LogP contribution in [0.2, 0.25) is 0 Å². The molecule has 106 valence electrons. The van der Waals surface area contributed by atoms with E-state index >= 15 is 0 Å². The lowest BCUT2D eigenvalue weighted by atomic mass is 10.2. The number of methoxy groups -OCH3 is 1. The summed E-state index contributed by atoms with van der Waals surface area (Å²) in [5.74, 6) is 0. The minimum atomic E-state index is -2.37. The number of hydrogen-bond acceptors (Lipinski definition) is 7. The molecule has 8 heteroatoms. The summed E-state index contributed by atoms with van der Waals surface area (Å²) in [5.41, 5.74) is 0.420. The molecule has 2 unspecified atom stereocenters. The molecule has 0 radical (unpaired) electrons. The minimum Gasteiger partial charge on any atom is -0.570 e. The van der Waals surface area contributed by atoms with Gasteiger partial charge >= 0.3 is 6.03 Å². The molecule has 0 aromatic heterocycles. The van der Waals surface area contributed by atoms with Gasteiger partial charge in [-0.3, -0.25) is 5.21 Å². The SMILES string of the molecule is CCCO[N+]1([O-])c2ccccc2NC(O)(OC)N1O. The number of para-hydroxylation sites is 1. The maximum Gasteiger partial charge on any atom is 0.389 e. The van der Waals surface area contributed by atoms with Crippen LogP contribution in [0.3, 0.4) is 0 Å². The molecular formula is C11H17N3O5. The lowest BCUT2D eigenvalue weighted by Gasteiger charge is -2.49. The zero-order valence-corrected chi connectivity index (χ0v) is 10.7. The van der Waals surface area contributed by atoms with Crippen LogP contribution in [0.15, 0.2) is 24.3 Å². The van der Waals surface area contributed by atoms with E-state index in [0.29, 0.717) is 12.1 Å². The topological polar surface area (TPSA) is 97.2 Å². The molecule has 1 aromatic rings. The van der Waals surface area contributed by atoms with Gasteiger partial charge in [0.15, 0.2) is 0 Å². The molecule has 0 saturated carbocycles. The molecule has 1 aliphatic heterocycles. The maximum atomic E-state index is 12.7. The zero-order chi connectivity index (χ0) is 14.1. The van der Waals surface area contributed by atoms with Crippen LogP contribution >= 0.6 is 0 Å². The predicted octanol–water partition coefficient (Wildman–Crippen LogP) is 1.11. The van der Waals surface area contributed by atoms with Gasteiger partial charge in [-0.25, -0.2) is 0 Å². The van der Waals surface area contributed by atoms with Crippen LogP contribution in [0.1, 0.15) is 13.3 Å². The van der Waals surface area contributed by atoms with Crippen molar-refractivity contribution in [2.75, 3.05) is 19.0 Å². The van der Waals surface area contributed by atoms with Gasteiger partial charge < -0.3 is 20.4 Å². The van der Waals surface area contributed by atoms with E-state index < -0.39 is 11.0 Å². The quantitative estimate of drug-likeness (QED) is 0.429. The molecule has 8 nitrogen and oxygen atoms in total. The van der Waals surface area contributed by atoms with E-state index in [2.05, 4.69) is 5.32 Å². The Morgan fingerprint density at radius 2 is 2.16 bits per heavy atom. The van der Waals surface area contributed by atoms with Crippen molar-refractivity contribution in [2.24, 2.45) is 0 Å². The number of aliphatic hydroxyl groups is 1. The third kappa shape index (κ3) is 2.19. The number of quaternary nitrogens is 1. The highest BCUT2D eigenvalue weighted by molar-refractivity contribution is 5.68. The molecule has 3 N–H and O–H groups in total. The first-order valence-electron chi connectivity index (χ1n) is 5.87. The minimum absolute atomic E-state index is 0.0327. The second kappa shape index (κ2) is 5.02. The standard InChI is InChI=1S/C11H17N3O5/c1-3-8-19-14(17)10-7-5-4-6-9(10)12-11(15,18-2)13(14)16/h4-7,12,15-16H,3,8H2,1-2H3. The van der Waals surface area contributed by atoms with Crippen LogP contribution < -0.4 is 10.2 Å². The summed E-state index contributed by atoms with van der Waals surface area (Å²) >= 11 is 0. The number of rotatable bonds is 4. The second-order valence-electron chi connectivity index (χ2n) is 4.10. The fourth-order valence-electron chi connectivity index (χ4n) is 1.80. The molecule has 1 aliphatic rings. The first-order valence-corrected chi connectivity index (χ1v) is 5.87. The van der Waals surface area contributed by atoms with E-state index in [1.807, 2.05) is 6.92 Å². The molecule has 2 atom stereocenters. The molecule has 0 aliphatic carbocycles. The molecule has 19 heavy (non-hydrogen) atoms. The summed E-state index contributed by atoms with van der Waals surface area (Å²) in [6.07, 6.45) is 0.580. The highest BCUT2D eigenvalue weighted by Crippen LogP contribution is 2.40. The Hall–Kier alpha value is -1.26. The average Bonchev–Trinajstić information content (AvgIpc) is 2.43. The highest BCUT2D eigenvalue weighted by Gasteiger charge is 2.54. The van der Waals surface area contributed by atoms with E-state index in [9.17, 15) is 15.5 Å². The Labute approximate surface area is 110 Å². The molecule has 1 heterocycles. The van der Waals surface area contributed by atoms with Gasteiger partial charge in [0.05, 0.1) is 5.17 Å². The molecular weight excluding hydrogens is 254 g/mol. The van der Waals surface area contributed by atoms with Crippen LogP contribution in [0.4, 0.5) is 11.4 Å². The van der Waals surface area contributed by atoms with Crippen molar-refractivity contribution in [1.29, 1.82) is 0 Å². The number of ether oxygens (including phenoxy) is 1. The zero-order valence-electron chi connectivity index (χ0n) is 10.7. The largest absolute Gasteiger partial charge is 0.570 e. The van der Waals surface area contributed by atoms with Gasteiger partial charge in [0.1, 0.15) is 12.3 Å². The van der Waals surface area contributed by atoms with Gasteiger partial charge in [0, 0.05) is 13.2 Å². The van der Waals surface area contributed by atoms with Crippen LogP contribution in [0, 0.1) is 5.21 Å². The molecule has 0 amide bonds. The summed E-state index contributed by atoms with van der Waals surface area (Å²) in [6, 6.07) is 4.00. The van der Waals surface area contributed by atoms with E-state index in [0.717, 1.165) is 7.11 Å². The lowest BCUT2D eigenvalue weighted by Crippen LogP contribution is -2.71. The van der Waals surface area contributed by atoms with Crippen molar-refractivity contribution in [3.8, 4) is 0 Å². The first-order chi connectivity index (χ1) is 8.98. The van der Waals surface area contributed by atoms with Gasteiger partial charge in [-0.1, -0.05) is 24.0 Å². The number of nitrogens with one attached hydrogen (secondary N) is 1. The number of benzene rings is 1. The summed E-state index contributed by atoms with van der Waals surface area (Å²) in [6.45, 7) is 1.93. The van der Waals surface area contributed by atoms with Crippen LogP contribution in [0.25, 0.3) is 0 Å². The average molecular weight is 271 g/mol. The van der Waals surface area contributed by atoms with Gasteiger partial charge in [0.2, 0.25) is 5.69 Å². The van der Waals surface area contributed by atoms with Crippen LogP contribution in [0.5, 0.6) is 0 Å². The van der Waals surface area contributed by atoms with Crippen LogP contribution in [-0.4, -0.2) is 35.2 Å². The van der Waals surface area contributed by atoms with Crippen molar-refractivity contribution < 1.29 is 19.9 Å². The summed E-state index contributed by atoms with van der Waals surface area (Å²) in [7, 11) is 1.15.